The molecule has 1 amide bonds. The molecule has 24 heavy (non-hydrogen) atoms. The Morgan fingerprint density at radius 2 is 1.62 bits per heavy atom. The first-order chi connectivity index (χ1) is 11.2. The number of aromatic carboxylic acids is 1. The van der Waals surface area contributed by atoms with Crippen molar-refractivity contribution in [2.75, 3.05) is 19.4 Å². The van der Waals surface area contributed by atoms with E-state index < -0.39 is 21.9 Å². The molecule has 2 aromatic carbocycles. The van der Waals surface area contributed by atoms with Crippen LogP contribution in [-0.4, -0.2) is 38.7 Å². The Hall–Kier alpha value is -2.71. The van der Waals surface area contributed by atoms with Crippen molar-refractivity contribution in [3.8, 4) is 0 Å². The molecule has 0 spiro atoms. The molecule has 2 rings (SSSR count). The van der Waals surface area contributed by atoms with E-state index in [1.165, 1.54) is 62.6 Å². The number of sulfonamides is 1. The lowest BCUT2D eigenvalue weighted by atomic mass is 10.2. The summed E-state index contributed by atoms with van der Waals surface area (Å²) in [5.41, 5.74) is 0.485. The molecule has 126 valence electrons. The first kappa shape index (κ1) is 17.6. The standard InChI is InChI=1S/C16H16N2O5S/c1-18(2)24(22,23)14-8-6-11(7-9-14)15(19)17-13-5-3-4-12(10-13)16(20)21/h3-10H,1-2H3,(H,17,19)(H,20,21)/p-1. The third kappa shape index (κ3) is 3.79. The number of carbonyl (C=O) groups is 2. The van der Waals surface area contributed by atoms with Crippen molar-refractivity contribution in [3.63, 3.8) is 0 Å². The Morgan fingerprint density at radius 1 is 1.00 bits per heavy atom. The second kappa shape index (κ2) is 6.81. The van der Waals surface area contributed by atoms with E-state index in [0.717, 1.165) is 4.31 Å². The van der Waals surface area contributed by atoms with Crippen molar-refractivity contribution in [2.24, 2.45) is 0 Å². The van der Waals surface area contributed by atoms with Crippen LogP contribution >= 0.6 is 0 Å². The molecule has 0 aliphatic heterocycles. The first-order valence-corrected chi connectivity index (χ1v) is 8.31. The van der Waals surface area contributed by atoms with Crippen molar-refractivity contribution in [1.82, 2.24) is 4.31 Å². The number of carbonyl (C=O) groups excluding carboxylic acids is 2. The summed E-state index contributed by atoms with van der Waals surface area (Å²) in [7, 11) is -0.730. The van der Waals surface area contributed by atoms with Gasteiger partial charge in [0.25, 0.3) is 5.91 Å². The molecule has 0 fully saturated rings. The smallest absolute Gasteiger partial charge is 0.255 e. The molecule has 0 radical (unpaired) electrons. The minimum Gasteiger partial charge on any atom is -0.545 e. The molecule has 0 aliphatic carbocycles. The SMILES string of the molecule is CN(C)S(=O)(=O)c1ccc(C(=O)Nc2cccc(C(=O)[O-])c2)cc1. The van der Waals surface area contributed by atoms with E-state index in [4.69, 9.17) is 0 Å². The second-order valence-electron chi connectivity index (χ2n) is 5.13. The summed E-state index contributed by atoms with van der Waals surface area (Å²) in [4.78, 5) is 23.0. The van der Waals surface area contributed by atoms with Crippen LogP contribution < -0.4 is 10.4 Å². The molecule has 0 saturated heterocycles. The lowest BCUT2D eigenvalue weighted by Gasteiger charge is -2.12. The number of hydrogen-bond donors (Lipinski definition) is 1. The van der Waals surface area contributed by atoms with Crippen molar-refractivity contribution >= 4 is 27.6 Å². The van der Waals surface area contributed by atoms with E-state index in [1.807, 2.05) is 0 Å². The fraction of sp³-hybridized carbons (Fsp3) is 0.125. The van der Waals surface area contributed by atoms with Crippen LogP contribution in [0.3, 0.4) is 0 Å². The molecule has 0 aliphatic rings. The Balaban J connectivity index is 2.19. The van der Waals surface area contributed by atoms with E-state index >= 15 is 0 Å². The van der Waals surface area contributed by atoms with Crippen LogP contribution in [0.25, 0.3) is 0 Å². The normalized spacial score (nSPS) is 11.3. The minimum atomic E-state index is -3.56. The maximum Gasteiger partial charge on any atom is 0.255 e. The quantitative estimate of drug-likeness (QED) is 0.850. The lowest BCUT2D eigenvalue weighted by molar-refractivity contribution is -0.255. The maximum atomic E-state index is 12.2. The summed E-state index contributed by atoms with van der Waals surface area (Å²) in [5.74, 6) is -1.83. The molecule has 0 unspecified atom stereocenters. The highest BCUT2D eigenvalue weighted by molar-refractivity contribution is 7.89. The van der Waals surface area contributed by atoms with E-state index in [0.29, 0.717) is 5.69 Å². The van der Waals surface area contributed by atoms with Gasteiger partial charge in [0, 0.05) is 25.3 Å². The average molecular weight is 347 g/mol. The van der Waals surface area contributed by atoms with Gasteiger partial charge in [-0.15, -0.1) is 0 Å². The van der Waals surface area contributed by atoms with Crippen molar-refractivity contribution < 1.29 is 23.1 Å². The zero-order chi connectivity index (χ0) is 17.9. The van der Waals surface area contributed by atoms with Crippen molar-refractivity contribution in [3.05, 3.63) is 59.7 Å². The van der Waals surface area contributed by atoms with Crippen LogP contribution in [-0.2, 0) is 10.0 Å². The number of carboxylic acid groups (broad SMARTS) is 1. The van der Waals surface area contributed by atoms with Crippen LogP contribution in [0, 0.1) is 0 Å². The van der Waals surface area contributed by atoms with Crippen LogP contribution in [0.2, 0.25) is 0 Å². The van der Waals surface area contributed by atoms with E-state index in [9.17, 15) is 23.1 Å². The van der Waals surface area contributed by atoms with Crippen molar-refractivity contribution in [1.29, 1.82) is 0 Å². The highest BCUT2D eigenvalue weighted by atomic mass is 32.2. The van der Waals surface area contributed by atoms with Gasteiger partial charge in [0.2, 0.25) is 10.0 Å². The topological polar surface area (TPSA) is 107 Å². The number of carboxylic acids is 1. The van der Waals surface area contributed by atoms with Crippen LogP contribution in [0.4, 0.5) is 5.69 Å². The van der Waals surface area contributed by atoms with E-state index in [-0.39, 0.29) is 16.0 Å². The molecule has 0 bridgehead atoms. The van der Waals surface area contributed by atoms with Gasteiger partial charge in [-0.05, 0) is 42.0 Å². The van der Waals surface area contributed by atoms with Crippen LogP contribution in [0.1, 0.15) is 20.7 Å². The summed E-state index contributed by atoms with van der Waals surface area (Å²) < 4.78 is 25.0. The summed E-state index contributed by atoms with van der Waals surface area (Å²) >= 11 is 0. The van der Waals surface area contributed by atoms with Gasteiger partial charge in [0.05, 0.1) is 10.9 Å². The lowest BCUT2D eigenvalue weighted by Crippen LogP contribution is -2.22. The predicted molar refractivity (Wildman–Crippen MR) is 86.0 cm³/mol. The van der Waals surface area contributed by atoms with Crippen LogP contribution in [0.5, 0.6) is 0 Å². The summed E-state index contributed by atoms with van der Waals surface area (Å²) in [5, 5.41) is 13.4. The van der Waals surface area contributed by atoms with Gasteiger partial charge in [-0.25, -0.2) is 12.7 Å². The largest absolute Gasteiger partial charge is 0.545 e. The Bertz CT molecular complexity index is 874. The van der Waals surface area contributed by atoms with Crippen LogP contribution in [0.15, 0.2) is 53.4 Å². The third-order valence-corrected chi connectivity index (χ3v) is 5.08. The number of rotatable bonds is 5. The van der Waals surface area contributed by atoms with Crippen molar-refractivity contribution in [2.45, 2.75) is 4.90 Å². The number of anilines is 1. The number of hydrogen-bond acceptors (Lipinski definition) is 5. The van der Waals surface area contributed by atoms with Gasteiger partial charge in [-0.2, -0.15) is 0 Å². The molecule has 8 heteroatoms. The number of nitrogens with zero attached hydrogens (tertiary/aromatic N) is 1. The highest BCUT2D eigenvalue weighted by Crippen LogP contribution is 2.16. The number of nitrogens with one attached hydrogen (secondary N) is 1. The predicted octanol–water partition coefficient (Wildman–Crippen LogP) is 0.553. The van der Waals surface area contributed by atoms with Gasteiger partial charge in [0.1, 0.15) is 0 Å². The zero-order valence-corrected chi connectivity index (χ0v) is 13.8. The highest BCUT2D eigenvalue weighted by Gasteiger charge is 2.17. The van der Waals surface area contributed by atoms with Gasteiger partial charge < -0.3 is 15.2 Å². The summed E-state index contributed by atoms with van der Waals surface area (Å²) in [6, 6.07) is 11.1. The fourth-order valence-corrected chi connectivity index (χ4v) is 2.82. The average Bonchev–Trinajstić information content (AvgIpc) is 2.55. The monoisotopic (exact) mass is 347 g/mol. The van der Waals surface area contributed by atoms with Gasteiger partial charge in [-0.3, -0.25) is 4.79 Å². The Kier molecular flexibility index (Phi) is 5.01. The molecule has 0 atom stereocenters. The second-order valence-corrected chi connectivity index (χ2v) is 7.29. The summed E-state index contributed by atoms with van der Waals surface area (Å²) in [6.45, 7) is 0. The molecule has 1 N–H and O–H groups in total. The molecule has 0 saturated carbocycles. The molecule has 0 heterocycles. The third-order valence-electron chi connectivity index (χ3n) is 3.25. The number of benzene rings is 2. The maximum absolute atomic E-state index is 12.2. The van der Waals surface area contributed by atoms with E-state index in [2.05, 4.69) is 5.32 Å². The fourth-order valence-electron chi connectivity index (χ4n) is 1.92. The van der Waals surface area contributed by atoms with E-state index in [1.54, 1.807) is 0 Å². The zero-order valence-electron chi connectivity index (χ0n) is 13.0. The van der Waals surface area contributed by atoms with Gasteiger partial charge >= 0.3 is 0 Å². The van der Waals surface area contributed by atoms with Gasteiger partial charge in [0.15, 0.2) is 0 Å². The summed E-state index contributed by atoms with van der Waals surface area (Å²) in [6.07, 6.45) is 0. The molecular weight excluding hydrogens is 332 g/mol. The first-order valence-electron chi connectivity index (χ1n) is 6.87. The molecule has 7 nitrogen and oxygen atoms in total. The Morgan fingerprint density at radius 3 is 2.17 bits per heavy atom. The minimum absolute atomic E-state index is 0.0553. The molecular formula is C16H15N2O5S-. The Labute approximate surface area is 139 Å². The van der Waals surface area contributed by atoms with Gasteiger partial charge in [-0.1, -0.05) is 12.1 Å². The number of amides is 1. The molecule has 0 aromatic heterocycles. The molecule has 2 aromatic rings.